The van der Waals surface area contributed by atoms with E-state index < -0.39 is 5.92 Å². The maximum Gasteiger partial charge on any atom is 0.320 e. The molecule has 2 heterocycles. The zero-order valence-corrected chi connectivity index (χ0v) is 13.8. The van der Waals surface area contributed by atoms with Gasteiger partial charge in [0, 0.05) is 33.0 Å². The van der Waals surface area contributed by atoms with Gasteiger partial charge in [0.15, 0.2) is 0 Å². The van der Waals surface area contributed by atoms with Gasteiger partial charge in [-0.05, 0) is 26.2 Å². The summed E-state index contributed by atoms with van der Waals surface area (Å²) in [6.45, 7) is 2.25. The van der Waals surface area contributed by atoms with E-state index in [2.05, 4.69) is 4.98 Å². The molecule has 0 radical (unpaired) electrons. The van der Waals surface area contributed by atoms with E-state index in [4.69, 9.17) is 0 Å². The molecule has 22 heavy (non-hydrogen) atoms. The molecule has 1 fully saturated rings. The zero-order chi connectivity index (χ0) is 15.9. The Labute approximate surface area is 133 Å². The quantitative estimate of drug-likeness (QED) is 0.789. The fourth-order valence-corrected chi connectivity index (χ4v) is 4.42. The second-order valence-corrected chi connectivity index (χ2v) is 7.42. The average Bonchev–Trinajstić information content (AvgIpc) is 2.85. The van der Waals surface area contributed by atoms with Crippen LogP contribution in [0, 0.1) is 6.92 Å². The van der Waals surface area contributed by atoms with Gasteiger partial charge in [-0.1, -0.05) is 0 Å². The predicted molar refractivity (Wildman–Crippen MR) is 81.4 cm³/mol. The minimum absolute atomic E-state index is 0.0323. The summed E-state index contributed by atoms with van der Waals surface area (Å²) in [5.74, 6) is -2.62. The first kappa shape index (κ1) is 15.6. The summed E-state index contributed by atoms with van der Waals surface area (Å²) >= 11 is 1.65. The van der Waals surface area contributed by atoms with E-state index in [-0.39, 0.29) is 38.0 Å². The van der Waals surface area contributed by atoms with Crippen molar-refractivity contribution in [2.45, 2.75) is 51.0 Å². The molecule has 2 amide bonds. The number of aryl methyl sites for hydroxylation is 2. The lowest BCUT2D eigenvalue weighted by molar-refractivity contribution is -0.0494. The highest BCUT2D eigenvalue weighted by atomic mass is 32.1. The Morgan fingerprint density at radius 2 is 2.09 bits per heavy atom. The van der Waals surface area contributed by atoms with Crippen LogP contribution in [-0.2, 0) is 6.42 Å². The lowest BCUT2D eigenvalue weighted by atomic mass is 9.97. The Kier molecular flexibility index (Phi) is 4.09. The number of rotatable bonds is 1. The van der Waals surface area contributed by atoms with Crippen LogP contribution in [0.3, 0.4) is 0 Å². The molecule has 0 N–H and O–H groups in total. The van der Waals surface area contributed by atoms with Crippen molar-refractivity contribution in [2.24, 2.45) is 0 Å². The van der Waals surface area contributed by atoms with Gasteiger partial charge in [-0.15, -0.1) is 11.3 Å². The van der Waals surface area contributed by atoms with Crippen molar-refractivity contribution < 1.29 is 13.6 Å². The number of hydrogen-bond acceptors (Lipinski definition) is 3. The molecule has 122 valence electrons. The monoisotopic (exact) mass is 329 g/mol. The van der Waals surface area contributed by atoms with E-state index in [1.165, 1.54) is 4.88 Å². The predicted octanol–water partition coefficient (Wildman–Crippen LogP) is 3.61. The van der Waals surface area contributed by atoms with Gasteiger partial charge in [-0.2, -0.15) is 0 Å². The fraction of sp³-hybridized carbons (Fsp3) is 0.733. The van der Waals surface area contributed by atoms with E-state index in [1.807, 2.05) is 6.92 Å². The number of halogens is 2. The van der Waals surface area contributed by atoms with Crippen LogP contribution in [0.25, 0.3) is 0 Å². The van der Waals surface area contributed by atoms with Crippen molar-refractivity contribution in [3.05, 3.63) is 15.6 Å². The van der Waals surface area contributed by atoms with Crippen molar-refractivity contribution in [1.29, 1.82) is 0 Å². The molecule has 1 saturated heterocycles. The molecule has 0 bridgehead atoms. The number of hydrogen-bond donors (Lipinski definition) is 0. The van der Waals surface area contributed by atoms with Gasteiger partial charge < -0.3 is 9.80 Å². The molecule has 4 nitrogen and oxygen atoms in total. The third-order valence-corrected chi connectivity index (χ3v) is 5.68. The fourth-order valence-electron chi connectivity index (χ4n) is 3.27. The molecule has 1 aliphatic carbocycles. The Hall–Kier alpha value is -1.24. The molecule has 7 heteroatoms. The molecule has 3 rings (SSSR count). The normalized spacial score (nSPS) is 24.0. The maximum atomic E-state index is 13.2. The smallest absolute Gasteiger partial charge is 0.320 e. The standard InChI is InChI=1S/C15H21F2N3OS/c1-10-18-11-4-3-5-12(13(11)22-10)19(2)14(21)20-8-6-15(16,17)7-9-20/h12H,3-9H2,1-2H3. The first-order chi connectivity index (χ1) is 10.4. The van der Waals surface area contributed by atoms with E-state index >= 15 is 0 Å². The lowest BCUT2D eigenvalue weighted by Gasteiger charge is -2.38. The molecule has 0 spiro atoms. The molecular weight excluding hydrogens is 308 g/mol. The number of nitrogens with zero attached hydrogens (tertiary/aromatic N) is 3. The Morgan fingerprint density at radius 3 is 2.77 bits per heavy atom. The van der Waals surface area contributed by atoms with Gasteiger partial charge in [0.2, 0.25) is 0 Å². The van der Waals surface area contributed by atoms with Gasteiger partial charge in [0.1, 0.15) is 0 Å². The number of carbonyl (C=O) groups excluding carboxylic acids is 1. The number of alkyl halides is 2. The number of carbonyl (C=O) groups is 1. The minimum atomic E-state index is -2.62. The molecule has 1 unspecified atom stereocenters. The second-order valence-electron chi connectivity index (χ2n) is 6.19. The summed E-state index contributed by atoms with van der Waals surface area (Å²) in [5, 5.41) is 1.02. The van der Waals surface area contributed by atoms with Crippen molar-refractivity contribution in [3.8, 4) is 0 Å². The average molecular weight is 329 g/mol. The van der Waals surface area contributed by atoms with Gasteiger partial charge in [0.25, 0.3) is 5.92 Å². The highest BCUT2D eigenvalue weighted by Gasteiger charge is 2.38. The highest BCUT2D eigenvalue weighted by Crippen LogP contribution is 2.38. The summed E-state index contributed by atoms with van der Waals surface area (Å²) in [6.07, 6.45) is 2.43. The first-order valence-corrected chi connectivity index (χ1v) is 8.55. The molecule has 1 atom stereocenters. The van der Waals surface area contributed by atoms with Crippen LogP contribution in [-0.4, -0.2) is 46.9 Å². The van der Waals surface area contributed by atoms with Crippen LogP contribution in [0.4, 0.5) is 13.6 Å². The van der Waals surface area contributed by atoms with Gasteiger partial charge in [-0.3, -0.25) is 0 Å². The Balaban J connectivity index is 1.72. The summed E-state index contributed by atoms with van der Waals surface area (Å²) in [5.41, 5.74) is 1.10. The molecule has 1 aromatic rings. The van der Waals surface area contributed by atoms with Crippen LogP contribution in [0.15, 0.2) is 0 Å². The van der Waals surface area contributed by atoms with Crippen LogP contribution >= 0.6 is 11.3 Å². The highest BCUT2D eigenvalue weighted by molar-refractivity contribution is 7.11. The number of amides is 2. The summed E-state index contributed by atoms with van der Waals surface area (Å²) in [4.78, 5) is 21.6. The largest absolute Gasteiger partial charge is 0.324 e. The maximum absolute atomic E-state index is 13.2. The van der Waals surface area contributed by atoms with E-state index in [0.717, 1.165) is 30.0 Å². The number of aromatic nitrogens is 1. The van der Waals surface area contributed by atoms with Gasteiger partial charge >= 0.3 is 6.03 Å². The third kappa shape index (κ3) is 2.95. The molecule has 0 saturated carbocycles. The van der Waals surface area contributed by atoms with Crippen molar-refractivity contribution in [2.75, 3.05) is 20.1 Å². The Morgan fingerprint density at radius 1 is 1.41 bits per heavy atom. The third-order valence-electron chi connectivity index (χ3n) is 4.56. The van der Waals surface area contributed by atoms with E-state index in [1.54, 1.807) is 28.2 Å². The number of fused-ring (bicyclic) bond motifs is 1. The van der Waals surface area contributed by atoms with Gasteiger partial charge in [0.05, 0.1) is 21.6 Å². The van der Waals surface area contributed by atoms with Crippen LogP contribution < -0.4 is 0 Å². The number of urea groups is 1. The van der Waals surface area contributed by atoms with E-state index in [9.17, 15) is 13.6 Å². The molecule has 0 aromatic carbocycles. The van der Waals surface area contributed by atoms with Crippen molar-refractivity contribution in [3.63, 3.8) is 0 Å². The summed E-state index contributed by atoms with van der Waals surface area (Å²) < 4.78 is 26.5. The number of piperidine rings is 1. The van der Waals surface area contributed by atoms with Crippen LogP contribution in [0.5, 0.6) is 0 Å². The van der Waals surface area contributed by atoms with Crippen LogP contribution in [0.1, 0.15) is 47.3 Å². The molecule has 1 aromatic heterocycles. The first-order valence-electron chi connectivity index (χ1n) is 7.73. The van der Waals surface area contributed by atoms with E-state index in [0.29, 0.717) is 0 Å². The number of thiazole rings is 1. The van der Waals surface area contributed by atoms with Gasteiger partial charge in [-0.25, -0.2) is 18.6 Å². The van der Waals surface area contributed by atoms with Crippen LogP contribution in [0.2, 0.25) is 0 Å². The molecular formula is C15H21F2N3OS. The lowest BCUT2D eigenvalue weighted by Crippen LogP contribution is -2.48. The Bertz CT molecular complexity index is 565. The SMILES string of the molecule is Cc1nc2c(s1)C(N(C)C(=O)N1CCC(F)(F)CC1)CCC2. The zero-order valence-electron chi connectivity index (χ0n) is 12.9. The second kappa shape index (κ2) is 5.76. The summed E-state index contributed by atoms with van der Waals surface area (Å²) in [6, 6.07) is -0.107. The topological polar surface area (TPSA) is 36.4 Å². The summed E-state index contributed by atoms with van der Waals surface area (Å²) in [7, 11) is 1.78. The molecule has 2 aliphatic rings. The minimum Gasteiger partial charge on any atom is -0.324 e. The van der Waals surface area contributed by atoms with Crippen molar-refractivity contribution >= 4 is 17.4 Å². The molecule has 1 aliphatic heterocycles. The number of likely N-dealkylation sites (tertiary alicyclic amines) is 1. The van der Waals surface area contributed by atoms with Crippen molar-refractivity contribution in [1.82, 2.24) is 14.8 Å².